The van der Waals surface area contributed by atoms with Crippen molar-refractivity contribution in [2.24, 2.45) is 17.1 Å². The van der Waals surface area contributed by atoms with E-state index in [1.807, 2.05) is 19.9 Å². The van der Waals surface area contributed by atoms with E-state index in [4.69, 9.17) is 5.73 Å². The summed E-state index contributed by atoms with van der Waals surface area (Å²) in [6.07, 6.45) is 3.76. The van der Waals surface area contributed by atoms with Crippen LogP contribution in [0, 0.1) is 11.3 Å². The van der Waals surface area contributed by atoms with Crippen LogP contribution < -0.4 is 11.1 Å². The Hall–Kier alpha value is -1.06. The Bertz CT molecular complexity index is 437. The molecule has 0 radical (unpaired) electrons. The van der Waals surface area contributed by atoms with E-state index >= 15 is 0 Å². The second-order valence-corrected chi connectivity index (χ2v) is 5.96. The highest BCUT2D eigenvalue weighted by Gasteiger charge is 2.42. The zero-order valence-electron chi connectivity index (χ0n) is 13.0. The van der Waals surface area contributed by atoms with Crippen molar-refractivity contribution in [1.82, 2.24) is 5.32 Å². The molecule has 0 aliphatic heterocycles. The number of rotatable bonds is 7. The van der Waals surface area contributed by atoms with Gasteiger partial charge < -0.3 is 11.1 Å². The number of carbonyl (C=O) groups excluding carboxylic acids is 1. The van der Waals surface area contributed by atoms with Gasteiger partial charge in [0.1, 0.15) is 0 Å². The van der Waals surface area contributed by atoms with Crippen LogP contribution in [0.1, 0.15) is 38.7 Å². The number of nitrogens with two attached hydrogens (primary N) is 1. The summed E-state index contributed by atoms with van der Waals surface area (Å²) in [4.78, 5) is 12.4. The Kier molecular flexibility index (Phi) is 6.69. The molecule has 0 saturated heterocycles. The Morgan fingerprint density at radius 2 is 1.90 bits per heavy atom. The number of carbonyl (C=O) groups is 1. The first-order chi connectivity index (χ1) is 9.65. The smallest absolute Gasteiger partial charge is 0.227 e. The summed E-state index contributed by atoms with van der Waals surface area (Å²) < 4.78 is 0. The van der Waals surface area contributed by atoms with Gasteiger partial charge in [-0.3, -0.25) is 4.79 Å². The maximum absolute atomic E-state index is 12.4. The number of hydrogen-bond acceptors (Lipinski definition) is 2. The van der Waals surface area contributed by atoms with E-state index in [9.17, 15) is 4.79 Å². The summed E-state index contributed by atoms with van der Waals surface area (Å²) in [6.45, 7) is 4.52. The van der Waals surface area contributed by atoms with Gasteiger partial charge in [-0.25, -0.2) is 0 Å². The molecule has 1 saturated carbocycles. The fraction of sp³-hybridized carbons (Fsp3) is 0.588. The van der Waals surface area contributed by atoms with Crippen molar-refractivity contribution in [2.45, 2.75) is 45.6 Å². The molecule has 0 heterocycles. The van der Waals surface area contributed by atoms with Crippen molar-refractivity contribution < 1.29 is 4.79 Å². The highest BCUT2D eigenvalue weighted by atomic mass is 35.5. The predicted molar refractivity (Wildman–Crippen MR) is 89.5 cm³/mol. The predicted octanol–water partition coefficient (Wildman–Crippen LogP) is 2.92. The van der Waals surface area contributed by atoms with Crippen LogP contribution in [0.3, 0.4) is 0 Å². The Labute approximate surface area is 134 Å². The third-order valence-electron chi connectivity index (χ3n) is 4.81. The van der Waals surface area contributed by atoms with Gasteiger partial charge in [0.2, 0.25) is 5.91 Å². The second-order valence-electron chi connectivity index (χ2n) is 5.96. The summed E-state index contributed by atoms with van der Waals surface area (Å²) >= 11 is 0. The quantitative estimate of drug-likeness (QED) is 0.813. The van der Waals surface area contributed by atoms with Crippen LogP contribution in [0.4, 0.5) is 0 Å². The monoisotopic (exact) mass is 310 g/mol. The summed E-state index contributed by atoms with van der Waals surface area (Å²) in [7, 11) is 0. The van der Waals surface area contributed by atoms with Gasteiger partial charge in [-0.05, 0) is 37.2 Å². The Morgan fingerprint density at radius 3 is 2.43 bits per heavy atom. The molecule has 3 nitrogen and oxygen atoms in total. The molecule has 1 aliphatic carbocycles. The van der Waals surface area contributed by atoms with Gasteiger partial charge in [-0.2, -0.15) is 0 Å². The molecule has 3 N–H and O–H groups in total. The molecular formula is C17H27ClN2O. The molecule has 4 heteroatoms. The number of hydrogen-bond donors (Lipinski definition) is 2. The zero-order valence-corrected chi connectivity index (χ0v) is 13.8. The lowest BCUT2D eigenvalue weighted by molar-refractivity contribution is -0.131. The van der Waals surface area contributed by atoms with Gasteiger partial charge in [0, 0.05) is 12.6 Å². The normalized spacial score (nSPS) is 20.5. The van der Waals surface area contributed by atoms with E-state index in [2.05, 4.69) is 29.6 Å². The largest absolute Gasteiger partial charge is 0.353 e. The Balaban J connectivity index is 0.00000220. The molecule has 21 heavy (non-hydrogen) atoms. The molecule has 0 aromatic heterocycles. The number of nitrogens with one attached hydrogen (secondary N) is 1. The first-order valence-electron chi connectivity index (χ1n) is 7.70. The Morgan fingerprint density at radius 1 is 1.29 bits per heavy atom. The average Bonchev–Trinajstić information content (AvgIpc) is 3.20. The molecule has 1 aromatic rings. The average molecular weight is 311 g/mol. The van der Waals surface area contributed by atoms with Gasteiger partial charge in [-0.15, -0.1) is 12.4 Å². The molecule has 0 bridgehead atoms. The fourth-order valence-electron chi connectivity index (χ4n) is 2.84. The summed E-state index contributed by atoms with van der Waals surface area (Å²) in [5.41, 5.74) is 6.80. The van der Waals surface area contributed by atoms with E-state index in [0.717, 1.165) is 25.7 Å². The second kappa shape index (κ2) is 7.81. The van der Waals surface area contributed by atoms with Crippen LogP contribution in [0.2, 0.25) is 0 Å². The number of halogens is 1. The minimum absolute atomic E-state index is 0. The zero-order chi connectivity index (χ0) is 14.6. The van der Waals surface area contributed by atoms with Crippen molar-refractivity contribution >= 4 is 18.3 Å². The molecule has 118 valence electrons. The lowest BCUT2D eigenvalue weighted by Crippen LogP contribution is -2.46. The van der Waals surface area contributed by atoms with Crippen molar-refractivity contribution in [1.29, 1.82) is 0 Å². The van der Waals surface area contributed by atoms with E-state index in [1.54, 1.807) is 0 Å². The van der Waals surface area contributed by atoms with Gasteiger partial charge >= 0.3 is 0 Å². The van der Waals surface area contributed by atoms with Crippen molar-refractivity contribution in [2.75, 3.05) is 6.54 Å². The van der Waals surface area contributed by atoms with E-state index < -0.39 is 0 Å². The first-order valence-corrected chi connectivity index (χ1v) is 7.70. The van der Waals surface area contributed by atoms with Gasteiger partial charge in [-0.1, -0.05) is 44.2 Å². The van der Waals surface area contributed by atoms with Gasteiger partial charge in [0.25, 0.3) is 0 Å². The fourth-order valence-corrected chi connectivity index (χ4v) is 2.84. The number of benzene rings is 1. The maximum atomic E-state index is 12.4. The van der Waals surface area contributed by atoms with Crippen LogP contribution in [-0.4, -0.2) is 18.5 Å². The third-order valence-corrected chi connectivity index (χ3v) is 4.81. The maximum Gasteiger partial charge on any atom is 0.227 e. The molecular weight excluding hydrogens is 284 g/mol. The van der Waals surface area contributed by atoms with Crippen LogP contribution in [-0.2, 0) is 11.2 Å². The van der Waals surface area contributed by atoms with E-state index in [0.29, 0.717) is 18.5 Å². The van der Waals surface area contributed by atoms with Crippen LogP contribution in [0.15, 0.2) is 30.3 Å². The minimum atomic E-state index is -0.375. The molecule has 1 fully saturated rings. The van der Waals surface area contributed by atoms with Gasteiger partial charge in [0.05, 0.1) is 5.41 Å². The van der Waals surface area contributed by atoms with Crippen LogP contribution >= 0.6 is 12.4 Å². The summed E-state index contributed by atoms with van der Waals surface area (Å²) in [5.74, 6) is 0.732. The van der Waals surface area contributed by atoms with Crippen molar-refractivity contribution in [3.63, 3.8) is 0 Å². The van der Waals surface area contributed by atoms with E-state index in [-0.39, 0.29) is 23.7 Å². The SMILES string of the molecule is CCC(CC)(CN)C(=O)NC1CC1Cc1ccccc1.Cl. The van der Waals surface area contributed by atoms with Crippen LogP contribution in [0.25, 0.3) is 0 Å². The molecule has 2 atom stereocenters. The molecule has 1 aliphatic rings. The molecule has 1 aromatic carbocycles. The van der Waals surface area contributed by atoms with Crippen LogP contribution in [0.5, 0.6) is 0 Å². The lowest BCUT2D eigenvalue weighted by atomic mass is 9.81. The highest BCUT2D eigenvalue weighted by Crippen LogP contribution is 2.35. The minimum Gasteiger partial charge on any atom is -0.353 e. The molecule has 2 unspecified atom stereocenters. The first kappa shape index (κ1) is 18.0. The standard InChI is InChI=1S/C17H26N2O.ClH/c1-3-17(4-2,12-18)16(20)19-15-11-14(15)10-13-8-6-5-7-9-13;/h5-9,14-15H,3-4,10-12,18H2,1-2H3,(H,19,20);1H. The van der Waals surface area contributed by atoms with Crippen molar-refractivity contribution in [3.05, 3.63) is 35.9 Å². The molecule has 1 amide bonds. The molecule has 0 spiro atoms. The highest BCUT2D eigenvalue weighted by molar-refractivity contribution is 5.85. The van der Waals surface area contributed by atoms with E-state index in [1.165, 1.54) is 5.56 Å². The summed E-state index contributed by atoms with van der Waals surface area (Å²) in [6, 6.07) is 10.8. The molecule has 2 rings (SSSR count). The third kappa shape index (κ3) is 4.21. The topological polar surface area (TPSA) is 55.1 Å². The lowest BCUT2D eigenvalue weighted by Gasteiger charge is -2.28. The summed E-state index contributed by atoms with van der Waals surface area (Å²) in [5, 5.41) is 3.20. The number of amides is 1. The van der Waals surface area contributed by atoms with Gasteiger partial charge in [0.15, 0.2) is 0 Å². The van der Waals surface area contributed by atoms with Crippen molar-refractivity contribution in [3.8, 4) is 0 Å².